The molecule has 1 atom stereocenters. The van der Waals surface area contributed by atoms with Crippen molar-refractivity contribution in [3.63, 3.8) is 0 Å². The van der Waals surface area contributed by atoms with Crippen LogP contribution in [0.4, 0.5) is 5.69 Å². The standard InChI is InChI=1S/C12H16N2O/c1-14(2)12(15)8-10-7-9-5-3-4-6-11(9)13-10/h3-6,10,13H,7-8H2,1-2H3. The third-order valence-electron chi connectivity index (χ3n) is 2.76. The molecule has 3 nitrogen and oxygen atoms in total. The van der Waals surface area contributed by atoms with E-state index in [1.165, 1.54) is 11.3 Å². The zero-order valence-electron chi connectivity index (χ0n) is 9.16. The highest BCUT2D eigenvalue weighted by molar-refractivity contribution is 5.77. The second kappa shape index (κ2) is 3.93. The van der Waals surface area contributed by atoms with E-state index in [0.717, 1.165) is 6.42 Å². The Morgan fingerprint density at radius 2 is 2.20 bits per heavy atom. The van der Waals surface area contributed by atoms with Crippen molar-refractivity contribution in [1.29, 1.82) is 0 Å². The first-order valence-electron chi connectivity index (χ1n) is 5.21. The molecule has 1 aliphatic heterocycles. The number of benzene rings is 1. The summed E-state index contributed by atoms with van der Waals surface area (Å²) in [4.78, 5) is 13.2. The summed E-state index contributed by atoms with van der Waals surface area (Å²) in [6, 6.07) is 8.49. The Hall–Kier alpha value is -1.51. The van der Waals surface area contributed by atoms with Crippen molar-refractivity contribution in [1.82, 2.24) is 4.90 Å². The van der Waals surface area contributed by atoms with Crippen LogP contribution in [0, 0.1) is 0 Å². The van der Waals surface area contributed by atoms with Gasteiger partial charge in [-0.1, -0.05) is 18.2 Å². The number of fused-ring (bicyclic) bond motifs is 1. The normalized spacial score (nSPS) is 18.1. The van der Waals surface area contributed by atoms with Crippen molar-refractivity contribution in [2.24, 2.45) is 0 Å². The molecular weight excluding hydrogens is 188 g/mol. The molecule has 0 spiro atoms. The number of amides is 1. The van der Waals surface area contributed by atoms with Crippen molar-refractivity contribution in [3.8, 4) is 0 Å². The van der Waals surface area contributed by atoms with E-state index in [1.807, 2.05) is 12.1 Å². The van der Waals surface area contributed by atoms with Crippen LogP contribution in [0.2, 0.25) is 0 Å². The number of hydrogen-bond acceptors (Lipinski definition) is 2. The molecule has 0 aliphatic carbocycles. The second-order valence-electron chi connectivity index (χ2n) is 4.19. The first kappa shape index (κ1) is 10.0. The fourth-order valence-corrected chi connectivity index (χ4v) is 1.89. The lowest BCUT2D eigenvalue weighted by Crippen LogP contribution is -2.29. The third-order valence-corrected chi connectivity index (χ3v) is 2.76. The topological polar surface area (TPSA) is 32.3 Å². The summed E-state index contributed by atoms with van der Waals surface area (Å²) in [6.07, 6.45) is 1.53. The maximum absolute atomic E-state index is 11.5. The molecule has 1 aromatic rings. The summed E-state index contributed by atoms with van der Waals surface area (Å²) in [5.74, 6) is 0.181. The molecule has 80 valence electrons. The van der Waals surface area contributed by atoms with Gasteiger partial charge in [-0.15, -0.1) is 0 Å². The van der Waals surface area contributed by atoms with E-state index >= 15 is 0 Å². The van der Waals surface area contributed by atoms with E-state index in [2.05, 4.69) is 17.4 Å². The molecule has 0 radical (unpaired) electrons. The molecule has 1 amide bonds. The Balaban J connectivity index is 1.99. The smallest absolute Gasteiger partial charge is 0.224 e. The van der Waals surface area contributed by atoms with Crippen LogP contribution in [0.25, 0.3) is 0 Å². The number of nitrogens with one attached hydrogen (secondary N) is 1. The van der Waals surface area contributed by atoms with Crippen LogP contribution in [0.5, 0.6) is 0 Å². The van der Waals surface area contributed by atoms with Crippen LogP contribution in [0.15, 0.2) is 24.3 Å². The van der Waals surface area contributed by atoms with E-state index in [-0.39, 0.29) is 11.9 Å². The molecule has 1 N–H and O–H groups in total. The Bertz CT molecular complexity index is 349. The number of para-hydroxylation sites is 1. The Labute approximate surface area is 90.1 Å². The highest BCUT2D eigenvalue weighted by Crippen LogP contribution is 2.26. The zero-order chi connectivity index (χ0) is 10.8. The van der Waals surface area contributed by atoms with E-state index in [0.29, 0.717) is 6.42 Å². The molecule has 15 heavy (non-hydrogen) atoms. The van der Waals surface area contributed by atoms with E-state index in [1.54, 1.807) is 19.0 Å². The van der Waals surface area contributed by atoms with Gasteiger partial charge in [-0.2, -0.15) is 0 Å². The zero-order valence-corrected chi connectivity index (χ0v) is 9.16. The van der Waals surface area contributed by atoms with E-state index < -0.39 is 0 Å². The number of carbonyl (C=O) groups is 1. The predicted octanol–water partition coefficient (Wildman–Crippen LogP) is 1.50. The van der Waals surface area contributed by atoms with Gasteiger partial charge in [0.2, 0.25) is 5.91 Å². The van der Waals surface area contributed by atoms with Crippen molar-refractivity contribution in [3.05, 3.63) is 29.8 Å². The van der Waals surface area contributed by atoms with E-state index in [9.17, 15) is 4.79 Å². The van der Waals surface area contributed by atoms with Gasteiger partial charge >= 0.3 is 0 Å². The van der Waals surface area contributed by atoms with Gasteiger partial charge < -0.3 is 10.2 Å². The van der Waals surface area contributed by atoms with Crippen molar-refractivity contribution in [2.75, 3.05) is 19.4 Å². The van der Waals surface area contributed by atoms with Gasteiger partial charge in [0, 0.05) is 32.2 Å². The van der Waals surface area contributed by atoms with Gasteiger partial charge in [-0.3, -0.25) is 4.79 Å². The van der Waals surface area contributed by atoms with E-state index in [4.69, 9.17) is 0 Å². The summed E-state index contributed by atoms with van der Waals surface area (Å²) < 4.78 is 0. The summed E-state index contributed by atoms with van der Waals surface area (Å²) in [7, 11) is 3.59. The minimum absolute atomic E-state index is 0.181. The average molecular weight is 204 g/mol. The first-order chi connectivity index (χ1) is 7.16. The number of hydrogen-bond donors (Lipinski definition) is 1. The van der Waals surface area contributed by atoms with Crippen molar-refractivity contribution >= 4 is 11.6 Å². The summed E-state index contributed by atoms with van der Waals surface area (Å²) >= 11 is 0. The summed E-state index contributed by atoms with van der Waals surface area (Å²) in [6.45, 7) is 0. The molecule has 0 saturated heterocycles. The molecule has 3 heteroatoms. The minimum Gasteiger partial charge on any atom is -0.381 e. The van der Waals surface area contributed by atoms with Crippen LogP contribution < -0.4 is 5.32 Å². The van der Waals surface area contributed by atoms with Gasteiger partial charge in [0.25, 0.3) is 0 Å². The highest BCUT2D eigenvalue weighted by Gasteiger charge is 2.22. The maximum Gasteiger partial charge on any atom is 0.224 e. The fourth-order valence-electron chi connectivity index (χ4n) is 1.89. The molecule has 0 saturated carbocycles. The SMILES string of the molecule is CN(C)C(=O)CC1Cc2ccccc2N1. The van der Waals surface area contributed by atoms with Gasteiger partial charge in [0.1, 0.15) is 0 Å². The molecule has 1 aromatic carbocycles. The van der Waals surface area contributed by atoms with Crippen molar-refractivity contribution < 1.29 is 4.79 Å². The maximum atomic E-state index is 11.5. The lowest BCUT2D eigenvalue weighted by molar-refractivity contribution is -0.128. The number of rotatable bonds is 2. The van der Waals surface area contributed by atoms with Crippen LogP contribution in [-0.2, 0) is 11.2 Å². The number of nitrogens with zero attached hydrogens (tertiary/aromatic N) is 1. The lowest BCUT2D eigenvalue weighted by Gasteiger charge is -2.14. The molecule has 1 unspecified atom stereocenters. The predicted molar refractivity (Wildman–Crippen MR) is 60.9 cm³/mol. The Kier molecular flexibility index (Phi) is 2.62. The molecule has 0 fully saturated rings. The van der Waals surface area contributed by atoms with Gasteiger partial charge in [-0.25, -0.2) is 0 Å². The lowest BCUT2D eigenvalue weighted by atomic mass is 10.1. The molecular formula is C12H16N2O. The van der Waals surface area contributed by atoms with Crippen LogP contribution >= 0.6 is 0 Å². The number of carbonyl (C=O) groups excluding carboxylic acids is 1. The summed E-state index contributed by atoms with van der Waals surface area (Å²) in [5.41, 5.74) is 2.49. The molecule has 1 aliphatic rings. The van der Waals surface area contributed by atoms with Crippen molar-refractivity contribution in [2.45, 2.75) is 18.9 Å². The van der Waals surface area contributed by atoms with Gasteiger partial charge in [0.05, 0.1) is 0 Å². The van der Waals surface area contributed by atoms with Gasteiger partial charge in [-0.05, 0) is 18.1 Å². The molecule has 1 heterocycles. The average Bonchev–Trinajstić information content (AvgIpc) is 2.59. The quantitative estimate of drug-likeness (QED) is 0.791. The highest BCUT2D eigenvalue weighted by atomic mass is 16.2. The largest absolute Gasteiger partial charge is 0.381 e. The minimum atomic E-state index is 0.181. The monoisotopic (exact) mass is 204 g/mol. The van der Waals surface area contributed by atoms with Gasteiger partial charge in [0.15, 0.2) is 0 Å². The molecule has 0 bridgehead atoms. The first-order valence-corrected chi connectivity index (χ1v) is 5.21. The molecule has 2 rings (SSSR count). The second-order valence-corrected chi connectivity index (χ2v) is 4.19. The number of anilines is 1. The van der Waals surface area contributed by atoms with Crippen LogP contribution in [-0.4, -0.2) is 30.9 Å². The Morgan fingerprint density at radius 1 is 1.47 bits per heavy atom. The van der Waals surface area contributed by atoms with Crippen LogP contribution in [0.1, 0.15) is 12.0 Å². The fraction of sp³-hybridized carbons (Fsp3) is 0.417. The third kappa shape index (κ3) is 2.12. The Morgan fingerprint density at radius 3 is 2.87 bits per heavy atom. The van der Waals surface area contributed by atoms with Crippen LogP contribution in [0.3, 0.4) is 0 Å². The summed E-state index contributed by atoms with van der Waals surface area (Å²) in [5, 5.41) is 3.37. The molecule has 0 aromatic heterocycles.